The van der Waals surface area contributed by atoms with E-state index in [1.165, 1.54) is 29.7 Å². The fraction of sp³-hybridized carbons (Fsp3) is 0.250. The summed E-state index contributed by atoms with van der Waals surface area (Å²) in [5, 5.41) is 2.68. The van der Waals surface area contributed by atoms with E-state index in [0.717, 1.165) is 0 Å². The van der Waals surface area contributed by atoms with E-state index in [-0.39, 0.29) is 29.5 Å². The largest absolute Gasteiger partial charge is 0.493 e. The Bertz CT molecular complexity index is 1380. The summed E-state index contributed by atoms with van der Waals surface area (Å²) in [6.45, 7) is 2.44. The minimum absolute atomic E-state index is 0.0255. The number of ether oxygens (including phenoxy) is 2. The summed E-state index contributed by atoms with van der Waals surface area (Å²) in [5.74, 6) is -0.560. The fourth-order valence-corrected chi connectivity index (χ4v) is 5.37. The molecule has 0 radical (unpaired) electrons. The number of carbonyl (C=O) groups is 2. The second-order valence-electron chi connectivity index (χ2n) is 7.63. The third kappa shape index (κ3) is 5.00. The first kappa shape index (κ1) is 24.3. The van der Waals surface area contributed by atoms with Crippen molar-refractivity contribution >= 4 is 27.8 Å². The van der Waals surface area contributed by atoms with Gasteiger partial charge in [0.1, 0.15) is 5.75 Å². The fourth-order valence-electron chi connectivity index (χ4n) is 3.77. The predicted octanol–water partition coefficient (Wildman–Crippen LogP) is 2.66. The van der Waals surface area contributed by atoms with Crippen LogP contribution in [0.5, 0.6) is 5.75 Å². The number of aromatic nitrogens is 2. The van der Waals surface area contributed by atoms with Crippen LogP contribution in [0.15, 0.2) is 59.6 Å². The molecule has 2 aromatic carbocycles. The van der Waals surface area contributed by atoms with Gasteiger partial charge in [-0.2, -0.15) is 4.31 Å². The monoisotopic (exact) mass is 496 g/mol. The molecule has 1 N–H and O–H groups in total. The van der Waals surface area contributed by atoms with Gasteiger partial charge in [0.25, 0.3) is 5.91 Å². The topological polar surface area (TPSA) is 128 Å². The van der Waals surface area contributed by atoms with Crippen LogP contribution in [0, 0.1) is 0 Å². The molecule has 0 spiro atoms. The molecule has 35 heavy (non-hydrogen) atoms. The van der Waals surface area contributed by atoms with Crippen molar-refractivity contribution in [3.63, 3.8) is 0 Å². The number of fused-ring (bicyclic) bond motifs is 1. The van der Waals surface area contributed by atoms with Gasteiger partial charge in [-0.3, -0.25) is 10.1 Å². The van der Waals surface area contributed by atoms with E-state index in [0.29, 0.717) is 35.6 Å². The number of esters is 1. The van der Waals surface area contributed by atoms with Crippen LogP contribution >= 0.6 is 0 Å². The number of benzene rings is 2. The number of carbonyl (C=O) groups excluding carboxylic acids is 2. The Labute approximate surface area is 203 Å². The Morgan fingerprint density at radius 2 is 1.80 bits per heavy atom. The van der Waals surface area contributed by atoms with Crippen molar-refractivity contribution in [3.05, 3.63) is 77.1 Å². The number of amides is 1. The molecule has 0 aliphatic carbocycles. The standard InChI is InChI=1S/C24H24N4O6S/c1-3-34-20-10-6-4-8-17(20)22(29)27-24-25-14-16-15-28(13-12-19(16)26-24)35(31,32)21-11-7-5-9-18(21)23(30)33-2/h4-11,14H,3,12-13,15H2,1-2H3,(H,25,26,27,29). The normalized spacial score (nSPS) is 13.5. The summed E-state index contributed by atoms with van der Waals surface area (Å²) in [7, 11) is -2.77. The lowest BCUT2D eigenvalue weighted by molar-refractivity contribution is 0.0596. The second kappa shape index (κ2) is 10.2. The van der Waals surface area contributed by atoms with Crippen LogP contribution in [0.2, 0.25) is 0 Å². The molecule has 11 heteroatoms. The van der Waals surface area contributed by atoms with E-state index in [4.69, 9.17) is 9.47 Å². The van der Waals surface area contributed by atoms with Crippen molar-refractivity contribution in [2.24, 2.45) is 0 Å². The number of anilines is 1. The molecule has 0 atom stereocenters. The predicted molar refractivity (Wildman–Crippen MR) is 127 cm³/mol. The average molecular weight is 497 g/mol. The van der Waals surface area contributed by atoms with Crippen molar-refractivity contribution in [3.8, 4) is 5.75 Å². The van der Waals surface area contributed by atoms with Crippen LogP contribution in [-0.4, -0.2) is 54.8 Å². The summed E-state index contributed by atoms with van der Waals surface area (Å²) in [4.78, 5) is 33.3. The Balaban J connectivity index is 1.53. The lowest BCUT2D eigenvalue weighted by Gasteiger charge is -2.28. The zero-order valence-corrected chi connectivity index (χ0v) is 20.0. The highest BCUT2D eigenvalue weighted by molar-refractivity contribution is 7.89. The summed E-state index contributed by atoms with van der Waals surface area (Å²) >= 11 is 0. The maximum absolute atomic E-state index is 13.3. The van der Waals surface area contributed by atoms with E-state index >= 15 is 0 Å². The van der Waals surface area contributed by atoms with Gasteiger partial charge in [0.05, 0.1) is 35.4 Å². The number of para-hydroxylation sites is 1. The molecule has 4 rings (SSSR count). The molecule has 0 fully saturated rings. The Hall–Kier alpha value is -3.83. The van der Waals surface area contributed by atoms with Crippen molar-refractivity contribution in [2.45, 2.75) is 24.8 Å². The lowest BCUT2D eigenvalue weighted by atomic mass is 10.1. The third-order valence-electron chi connectivity index (χ3n) is 5.47. The Morgan fingerprint density at radius 3 is 2.54 bits per heavy atom. The number of sulfonamides is 1. The molecule has 0 saturated heterocycles. The molecule has 1 aliphatic rings. The first-order chi connectivity index (χ1) is 16.8. The smallest absolute Gasteiger partial charge is 0.339 e. The summed E-state index contributed by atoms with van der Waals surface area (Å²) in [6.07, 6.45) is 1.82. The molecule has 3 aromatic rings. The highest BCUT2D eigenvalue weighted by atomic mass is 32.2. The number of rotatable bonds is 7. The van der Waals surface area contributed by atoms with Gasteiger partial charge < -0.3 is 9.47 Å². The van der Waals surface area contributed by atoms with Crippen LogP contribution in [0.3, 0.4) is 0 Å². The molecule has 2 heterocycles. The van der Waals surface area contributed by atoms with Gasteiger partial charge in [0.2, 0.25) is 16.0 Å². The van der Waals surface area contributed by atoms with Crippen LogP contribution in [0.1, 0.15) is 38.9 Å². The minimum atomic E-state index is -3.97. The SMILES string of the molecule is CCOc1ccccc1C(=O)Nc1ncc2c(n1)CCN(S(=O)(=O)c1ccccc1C(=O)OC)C2. The number of hydrogen-bond acceptors (Lipinski definition) is 8. The molecular weight excluding hydrogens is 472 g/mol. The van der Waals surface area contributed by atoms with Crippen molar-refractivity contribution in [2.75, 3.05) is 25.6 Å². The molecule has 0 unspecified atom stereocenters. The lowest BCUT2D eigenvalue weighted by Crippen LogP contribution is -2.37. The Kier molecular flexibility index (Phi) is 7.08. The third-order valence-corrected chi connectivity index (χ3v) is 7.37. The highest BCUT2D eigenvalue weighted by Crippen LogP contribution is 2.27. The van der Waals surface area contributed by atoms with E-state index in [1.807, 2.05) is 6.92 Å². The summed E-state index contributed by atoms with van der Waals surface area (Å²) in [5.41, 5.74) is 1.59. The second-order valence-corrected chi connectivity index (χ2v) is 9.53. The molecule has 1 aliphatic heterocycles. The molecular formula is C24H24N4O6S. The van der Waals surface area contributed by atoms with E-state index in [9.17, 15) is 18.0 Å². The maximum atomic E-state index is 13.3. The van der Waals surface area contributed by atoms with Gasteiger partial charge in [-0.15, -0.1) is 0 Å². The van der Waals surface area contributed by atoms with Gasteiger partial charge in [-0.1, -0.05) is 24.3 Å². The minimum Gasteiger partial charge on any atom is -0.493 e. The molecule has 1 amide bonds. The first-order valence-corrected chi connectivity index (χ1v) is 12.3. The van der Waals surface area contributed by atoms with Crippen LogP contribution in [-0.2, 0) is 27.7 Å². The number of methoxy groups -OCH3 is 1. The molecule has 182 valence electrons. The number of hydrogen-bond donors (Lipinski definition) is 1. The number of nitrogens with one attached hydrogen (secondary N) is 1. The Morgan fingerprint density at radius 1 is 1.09 bits per heavy atom. The zero-order valence-electron chi connectivity index (χ0n) is 19.2. The van der Waals surface area contributed by atoms with Gasteiger partial charge in [-0.25, -0.2) is 23.2 Å². The summed E-state index contributed by atoms with van der Waals surface area (Å²) < 4.78 is 38.1. The van der Waals surface area contributed by atoms with Gasteiger partial charge in [0, 0.05) is 31.3 Å². The van der Waals surface area contributed by atoms with Gasteiger partial charge in [-0.05, 0) is 31.2 Å². The van der Waals surface area contributed by atoms with Crippen molar-refractivity contribution in [1.82, 2.24) is 14.3 Å². The van der Waals surface area contributed by atoms with E-state index in [1.54, 1.807) is 36.4 Å². The molecule has 10 nitrogen and oxygen atoms in total. The van der Waals surface area contributed by atoms with Crippen molar-refractivity contribution < 1.29 is 27.5 Å². The summed E-state index contributed by atoms with van der Waals surface area (Å²) in [6, 6.07) is 12.8. The van der Waals surface area contributed by atoms with Crippen LogP contribution < -0.4 is 10.1 Å². The van der Waals surface area contributed by atoms with Gasteiger partial charge in [0.15, 0.2) is 0 Å². The maximum Gasteiger partial charge on any atom is 0.339 e. The first-order valence-electron chi connectivity index (χ1n) is 10.9. The molecule has 0 bridgehead atoms. The van der Waals surface area contributed by atoms with Crippen LogP contribution in [0.4, 0.5) is 5.95 Å². The molecule has 1 aromatic heterocycles. The molecule has 0 saturated carbocycles. The zero-order chi connectivity index (χ0) is 25.0. The quantitative estimate of drug-likeness (QED) is 0.495. The van der Waals surface area contributed by atoms with Gasteiger partial charge >= 0.3 is 5.97 Å². The number of nitrogens with zero attached hydrogens (tertiary/aromatic N) is 3. The highest BCUT2D eigenvalue weighted by Gasteiger charge is 2.32. The van der Waals surface area contributed by atoms with E-state index in [2.05, 4.69) is 15.3 Å². The van der Waals surface area contributed by atoms with Crippen LogP contribution in [0.25, 0.3) is 0 Å². The van der Waals surface area contributed by atoms with Crippen molar-refractivity contribution in [1.29, 1.82) is 0 Å². The average Bonchev–Trinajstić information content (AvgIpc) is 2.88. The van der Waals surface area contributed by atoms with E-state index < -0.39 is 21.9 Å².